The Bertz CT molecular complexity index is 520. The molecule has 2 aliphatic rings. The van der Waals surface area contributed by atoms with Crippen molar-refractivity contribution in [2.24, 2.45) is 16.8 Å². The molecule has 176 valence electrons. The van der Waals surface area contributed by atoms with Gasteiger partial charge in [0.15, 0.2) is 5.96 Å². The van der Waals surface area contributed by atoms with Gasteiger partial charge in [-0.15, -0.1) is 24.0 Å². The minimum absolute atomic E-state index is 0. The Hall–Kier alpha value is -0.610. The maximum absolute atomic E-state index is 11.9. The highest BCUT2D eigenvalue weighted by Crippen LogP contribution is 2.18. The number of aliphatic imine (C=N–C) groups is 1. The monoisotopic (exact) mass is 536 g/mol. The Balaban J connectivity index is 0.00000450. The molecule has 0 aromatic carbocycles. The second-order valence-corrected chi connectivity index (χ2v) is 9.36. The van der Waals surface area contributed by atoms with Gasteiger partial charge in [-0.2, -0.15) is 0 Å². The van der Waals surface area contributed by atoms with Gasteiger partial charge in [0, 0.05) is 59.4 Å². The van der Waals surface area contributed by atoms with Crippen molar-refractivity contribution in [2.45, 2.75) is 52.5 Å². The first-order valence-electron chi connectivity index (χ1n) is 11.6. The third kappa shape index (κ3) is 10.1. The zero-order valence-corrected chi connectivity index (χ0v) is 22.2. The highest BCUT2D eigenvalue weighted by Gasteiger charge is 2.23. The molecular formula is C22H45IN6O. The van der Waals surface area contributed by atoms with Gasteiger partial charge in [-0.25, -0.2) is 0 Å². The van der Waals surface area contributed by atoms with E-state index in [1.165, 1.54) is 32.5 Å². The number of nitrogens with one attached hydrogen (secondary N) is 2. The zero-order chi connectivity index (χ0) is 21.2. The lowest BCUT2D eigenvalue weighted by atomic mass is 9.97. The van der Waals surface area contributed by atoms with E-state index in [1.54, 1.807) is 4.90 Å². The number of rotatable bonds is 8. The number of amides is 1. The largest absolute Gasteiger partial charge is 0.357 e. The summed E-state index contributed by atoms with van der Waals surface area (Å²) >= 11 is 0. The molecule has 0 aromatic rings. The molecule has 2 N–H and O–H groups in total. The minimum Gasteiger partial charge on any atom is -0.357 e. The Morgan fingerprint density at radius 3 is 2.43 bits per heavy atom. The van der Waals surface area contributed by atoms with Crippen LogP contribution in [0.15, 0.2) is 4.99 Å². The number of halogens is 1. The van der Waals surface area contributed by atoms with E-state index >= 15 is 0 Å². The number of carbonyl (C=O) groups is 1. The van der Waals surface area contributed by atoms with E-state index in [-0.39, 0.29) is 29.9 Å². The van der Waals surface area contributed by atoms with Crippen LogP contribution in [0.2, 0.25) is 0 Å². The van der Waals surface area contributed by atoms with Crippen LogP contribution < -0.4 is 10.6 Å². The fraction of sp³-hybridized carbons (Fsp3) is 0.909. The second kappa shape index (κ2) is 14.5. The van der Waals surface area contributed by atoms with Gasteiger partial charge in [-0.3, -0.25) is 14.7 Å². The highest BCUT2D eigenvalue weighted by molar-refractivity contribution is 14.0. The number of hydrogen-bond donors (Lipinski definition) is 2. The van der Waals surface area contributed by atoms with Crippen molar-refractivity contribution in [3.63, 3.8) is 0 Å². The molecule has 0 bridgehead atoms. The van der Waals surface area contributed by atoms with Gasteiger partial charge in [0.05, 0.1) is 6.54 Å². The maximum Gasteiger partial charge on any atom is 0.236 e. The quantitative estimate of drug-likeness (QED) is 0.283. The van der Waals surface area contributed by atoms with Crippen LogP contribution in [-0.2, 0) is 4.79 Å². The van der Waals surface area contributed by atoms with Gasteiger partial charge in [-0.1, -0.05) is 13.8 Å². The lowest BCUT2D eigenvalue weighted by Gasteiger charge is -2.34. The number of carbonyl (C=O) groups excluding carboxylic acids is 1. The van der Waals surface area contributed by atoms with Crippen LogP contribution in [0.5, 0.6) is 0 Å². The Labute approximate surface area is 201 Å². The summed E-state index contributed by atoms with van der Waals surface area (Å²) in [7, 11) is 3.65. The molecule has 8 heteroatoms. The average molecular weight is 537 g/mol. The first-order valence-corrected chi connectivity index (χ1v) is 11.6. The van der Waals surface area contributed by atoms with Crippen LogP contribution >= 0.6 is 24.0 Å². The predicted octanol–water partition coefficient (Wildman–Crippen LogP) is 2.08. The summed E-state index contributed by atoms with van der Waals surface area (Å²) in [5.41, 5.74) is 0. The first kappa shape index (κ1) is 27.4. The molecule has 2 fully saturated rings. The van der Waals surface area contributed by atoms with Gasteiger partial charge in [0.1, 0.15) is 0 Å². The molecule has 2 saturated heterocycles. The Kier molecular flexibility index (Phi) is 13.2. The molecule has 1 unspecified atom stereocenters. The van der Waals surface area contributed by atoms with E-state index in [4.69, 9.17) is 4.99 Å². The number of hydrogen-bond acceptors (Lipinski definition) is 4. The molecule has 1 amide bonds. The van der Waals surface area contributed by atoms with Crippen LogP contribution in [0.4, 0.5) is 0 Å². The summed E-state index contributed by atoms with van der Waals surface area (Å²) in [6, 6.07) is 0.433. The number of guanidine groups is 1. The lowest BCUT2D eigenvalue weighted by molar-refractivity contribution is -0.130. The molecule has 0 aliphatic carbocycles. The van der Waals surface area contributed by atoms with Crippen LogP contribution in [0.1, 0.15) is 46.5 Å². The van der Waals surface area contributed by atoms with Crippen LogP contribution in [0.25, 0.3) is 0 Å². The van der Waals surface area contributed by atoms with Gasteiger partial charge in [-0.05, 0) is 51.0 Å². The third-order valence-corrected chi connectivity index (χ3v) is 5.86. The van der Waals surface area contributed by atoms with Crippen molar-refractivity contribution in [2.75, 3.05) is 66.5 Å². The summed E-state index contributed by atoms with van der Waals surface area (Å²) in [5, 5.41) is 7.06. The topological polar surface area (TPSA) is 63.2 Å². The summed E-state index contributed by atoms with van der Waals surface area (Å²) in [5.74, 6) is 2.54. The molecule has 0 saturated carbocycles. The van der Waals surface area contributed by atoms with Crippen molar-refractivity contribution in [1.29, 1.82) is 0 Å². The fourth-order valence-corrected chi connectivity index (χ4v) is 4.28. The van der Waals surface area contributed by atoms with E-state index in [1.807, 2.05) is 14.1 Å². The summed E-state index contributed by atoms with van der Waals surface area (Å²) in [6.07, 6.45) is 4.68. The van der Waals surface area contributed by atoms with Crippen molar-refractivity contribution >= 4 is 35.8 Å². The van der Waals surface area contributed by atoms with E-state index < -0.39 is 0 Å². The average Bonchev–Trinajstić information content (AvgIpc) is 2.67. The number of nitrogens with zero attached hydrogens (tertiary/aromatic N) is 4. The zero-order valence-electron chi connectivity index (χ0n) is 19.8. The van der Waals surface area contributed by atoms with Gasteiger partial charge in [0.25, 0.3) is 0 Å². The van der Waals surface area contributed by atoms with E-state index in [9.17, 15) is 4.79 Å². The number of likely N-dealkylation sites (N-methyl/N-ethyl adjacent to an activating group) is 1. The van der Waals surface area contributed by atoms with Gasteiger partial charge < -0.3 is 20.4 Å². The van der Waals surface area contributed by atoms with Crippen LogP contribution in [0.3, 0.4) is 0 Å². The van der Waals surface area contributed by atoms with Gasteiger partial charge in [0.2, 0.25) is 5.91 Å². The Morgan fingerprint density at radius 1 is 1.13 bits per heavy atom. The molecule has 2 aliphatic heterocycles. The molecular weight excluding hydrogens is 491 g/mol. The molecule has 7 nitrogen and oxygen atoms in total. The SMILES string of the molecule is CCNC(=NCC1CCCN(CC(C)C)C1)NC1CCN(CC(=O)N(C)C)CC1.I. The summed E-state index contributed by atoms with van der Waals surface area (Å²) < 4.78 is 0. The van der Waals surface area contributed by atoms with Crippen molar-refractivity contribution in [3.8, 4) is 0 Å². The van der Waals surface area contributed by atoms with Crippen LogP contribution in [0, 0.1) is 11.8 Å². The molecule has 0 radical (unpaired) electrons. The van der Waals surface area contributed by atoms with Gasteiger partial charge >= 0.3 is 0 Å². The van der Waals surface area contributed by atoms with E-state index in [2.05, 4.69) is 41.2 Å². The molecule has 30 heavy (non-hydrogen) atoms. The van der Waals surface area contributed by atoms with Crippen LogP contribution in [-0.4, -0.2) is 99.1 Å². The Morgan fingerprint density at radius 2 is 1.83 bits per heavy atom. The van der Waals surface area contributed by atoms with Crippen molar-refractivity contribution < 1.29 is 4.79 Å². The van der Waals surface area contributed by atoms with Crippen molar-refractivity contribution in [3.05, 3.63) is 0 Å². The fourth-order valence-electron chi connectivity index (χ4n) is 4.28. The smallest absolute Gasteiger partial charge is 0.236 e. The summed E-state index contributed by atoms with van der Waals surface area (Å²) in [6.45, 7) is 14.6. The predicted molar refractivity (Wildman–Crippen MR) is 137 cm³/mol. The molecule has 2 rings (SSSR count). The summed E-state index contributed by atoms with van der Waals surface area (Å²) in [4.78, 5) is 23.4. The molecule has 0 spiro atoms. The highest BCUT2D eigenvalue weighted by atomic mass is 127. The lowest BCUT2D eigenvalue weighted by Crippen LogP contribution is -2.50. The molecule has 0 aromatic heterocycles. The minimum atomic E-state index is 0. The molecule has 1 atom stereocenters. The van der Waals surface area contributed by atoms with E-state index in [0.29, 0.717) is 18.5 Å². The number of likely N-dealkylation sites (tertiary alicyclic amines) is 2. The first-order chi connectivity index (χ1) is 13.9. The van der Waals surface area contributed by atoms with E-state index in [0.717, 1.165) is 50.9 Å². The second-order valence-electron chi connectivity index (χ2n) is 9.36. The van der Waals surface area contributed by atoms with Crippen molar-refractivity contribution in [1.82, 2.24) is 25.3 Å². The number of piperidine rings is 2. The standard InChI is InChI=1S/C22H44N6O.HI/c1-6-23-22(24-14-19-8-7-11-28(16-19)15-18(2)3)25-20-9-12-27(13-10-20)17-21(29)26(4)5;/h18-20H,6-17H2,1-5H3,(H2,23,24,25);1H. The maximum atomic E-state index is 11.9. The molecule has 2 heterocycles. The normalized spacial score (nSPS) is 21.9. The third-order valence-electron chi connectivity index (χ3n) is 5.86.